The largest absolute Gasteiger partial charge is 0.331 e. The molecule has 0 aliphatic rings. The first-order chi connectivity index (χ1) is 7.13. The molecule has 0 atom stereocenters. The average molecular weight is 223 g/mol. The minimum absolute atomic E-state index is 0.446. The zero-order valence-corrected chi connectivity index (χ0v) is 10.0. The maximum Gasteiger partial charge on any atom is 0.112 e. The summed E-state index contributed by atoms with van der Waals surface area (Å²) in [5.74, 6) is 2.12. The number of aromatic nitrogens is 2. The highest BCUT2D eigenvalue weighted by Crippen LogP contribution is 2.21. The van der Waals surface area contributed by atoms with E-state index in [-0.39, 0.29) is 0 Å². The molecule has 2 nitrogen and oxygen atoms in total. The van der Waals surface area contributed by atoms with E-state index in [1.807, 2.05) is 12.1 Å². The number of hydrogen-bond acceptors (Lipinski definition) is 1. The van der Waals surface area contributed by atoms with Crippen LogP contribution in [0, 0.1) is 0 Å². The van der Waals surface area contributed by atoms with E-state index in [1.165, 1.54) is 0 Å². The predicted molar refractivity (Wildman–Crippen MR) is 64.4 cm³/mol. The molecule has 0 bridgehead atoms. The van der Waals surface area contributed by atoms with Crippen LogP contribution in [0.5, 0.6) is 0 Å². The Morgan fingerprint density at radius 3 is 2.73 bits per heavy atom. The lowest BCUT2D eigenvalue weighted by molar-refractivity contribution is 0.722. The van der Waals surface area contributed by atoms with E-state index >= 15 is 0 Å². The van der Waals surface area contributed by atoms with Gasteiger partial charge in [0.05, 0.1) is 11.0 Å². The fourth-order valence-corrected chi connectivity index (χ4v) is 2.02. The Bertz CT molecular complexity index is 486. The van der Waals surface area contributed by atoms with Gasteiger partial charge in [-0.1, -0.05) is 19.9 Å². The van der Waals surface area contributed by atoms with Gasteiger partial charge in [0.15, 0.2) is 0 Å². The highest BCUT2D eigenvalue weighted by atomic mass is 35.5. The number of hydrogen-bond donors (Lipinski definition) is 0. The molecule has 3 heteroatoms. The van der Waals surface area contributed by atoms with Crippen molar-refractivity contribution in [2.24, 2.45) is 7.05 Å². The Morgan fingerprint density at radius 2 is 2.13 bits per heavy atom. The van der Waals surface area contributed by atoms with Crippen LogP contribution in [0.15, 0.2) is 18.2 Å². The second-order valence-electron chi connectivity index (χ2n) is 4.14. The fourth-order valence-electron chi connectivity index (χ4n) is 1.85. The molecule has 0 spiro atoms. The minimum Gasteiger partial charge on any atom is -0.331 e. The molecule has 0 saturated carbocycles. The van der Waals surface area contributed by atoms with Crippen molar-refractivity contribution in [1.29, 1.82) is 0 Å². The highest BCUT2D eigenvalue weighted by molar-refractivity contribution is 6.17. The molecule has 1 heterocycles. The molecule has 0 N–H and O–H groups in total. The van der Waals surface area contributed by atoms with E-state index in [9.17, 15) is 0 Å². The summed E-state index contributed by atoms with van der Waals surface area (Å²) in [4.78, 5) is 4.61. The first-order valence-corrected chi connectivity index (χ1v) is 5.68. The van der Waals surface area contributed by atoms with E-state index in [1.54, 1.807) is 0 Å². The molecule has 80 valence electrons. The van der Waals surface area contributed by atoms with Crippen LogP contribution in [-0.2, 0) is 12.9 Å². The summed E-state index contributed by atoms with van der Waals surface area (Å²) in [7, 11) is 2.06. The number of alkyl halides is 1. The van der Waals surface area contributed by atoms with Crippen molar-refractivity contribution in [2.75, 3.05) is 0 Å². The smallest absolute Gasteiger partial charge is 0.112 e. The standard InChI is InChI=1S/C12H15ClN2/c1-8(2)12-14-10-5-4-9(7-13)6-11(10)15(12)3/h4-6,8H,7H2,1-3H3. The topological polar surface area (TPSA) is 17.8 Å². The average Bonchev–Trinajstić information content (AvgIpc) is 2.56. The van der Waals surface area contributed by atoms with E-state index in [4.69, 9.17) is 11.6 Å². The van der Waals surface area contributed by atoms with Crippen LogP contribution in [-0.4, -0.2) is 9.55 Å². The number of nitrogens with zero attached hydrogens (tertiary/aromatic N) is 2. The molecular weight excluding hydrogens is 208 g/mol. The summed E-state index contributed by atoms with van der Waals surface area (Å²) >= 11 is 5.82. The summed E-state index contributed by atoms with van der Waals surface area (Å²) in [5, 5.41) is 0. The Morgan fingerprint density at radius 1 is 1.40 bits per heavy atom. The molecule has 0 unspecified atom stereocenters. The van der Waals surface area contributed by atoms with Gasteiger partial charge in [0.2, 0.25) is 0 Å². The highest BCUT2D eigenvalue weighted by Gasteiger charge is 2.10. The van der Waals surface area contributed by atoms with Gasteiger partial charge in [-0.05, 0) is 17.7 Å². The minimum atomic E-state index is 0.446. The molecule has 0 radical (unpaired) electrons. The number of imidazole rings is 1. The first-order valence-electron chi connectivity index (χ1n) is 5.14. The molecule has 0 saturated heterocycles. The maximum atomic E-state index is 5.82. The summed E-state index contributed by atoms with van der Waals surface area (Å²) < 4.78 is 2.15. The van der Waals surface area contributed by atoms with Crippen molar-refractivity contribution in [3.63, 3.8) is 0 Å². The van der Waals surface area contributed by atoms with Crippen molar-refractivity contribution in [1.82, 2.24) is 9.55 Å². The number of aryl methyl sites for hydroxylation is 1. The Hall–Kier alpha value is -1.02. The number of fused-ring (bicyclic) bond motifs is 1. The molecule has 0 amide bonds. The van der Waals surface area contributed by atoms with E-state index in [2.05, 4.69) is 36.5 Å². The van der Waals surface area contributed by atoms with Gasteiger partial charge in [0, 0.05) is 18.8 Å². The zero-order chi connectivity index (χ0) is 11.0. The fraction of sp³-hybridized carbons (Fsp3) is 0.417. The van der Waals surface area contributed by atoms with Crippen LogP contribution in [0.4, 0.5) is 0 Å². The summed E-state index contributed by atoms with van der Waals surface area (Å²) in [6, 6.07) is 6.19. The summed E-state index contributed by atoms with van der Waals surface area (Å²) in [6.07, 6.45) is 0. The quantitative estimate of drug-likeness (QED) is 0.712. The van der Waals surface area contributed by atoms with E-state index < -0.39 is 0 Å². The van der Waals surface area contributed by atoms with Crippen molar-refractivity contribution in [2.45, 2.75) is 25.6 Å². The van der Waals surface area contributed by atoms with Crippen LogP contribution >= 0.6 is 11.6 Å². The zero-order valence-electron chi connectivity index (χ0n) is 9.29. The molecule has 0 fully saturated rings. The molecule has 15 heavy (non-hydrogen) atoms. The van der Waals surface area contributed by atoms with Crippen molar-refractivity contribution >= 4 is 22.6 Å². The Labute approximate surface area is 94.9 Å². The van der Waals surface area contributed by atoms with Crippen molar-refractivity contribution in [3.05, 3.63) is 29.6 Å². The lowest BCUT2D eigenvalue weighted by Gasteiger charge is -2.04. The Balaban J connectivity index is 2.66. The molecular formula is C12H15ClN2. The third kappa shape index (κ3) is 1.74. The van der Waals surface area contributed by atoms with Gasteiger partial charge in [0.25, 0.3) is 0 Å². The molecule has 2 rings (SSSR count). The van der Waals surface area contributed by atoms with Gasteiger partial charge in [-0.3, -0.25) is 0 Å². The third-order valence-electron chi connectivity index (χ3n) is 2.65. The van der Waals surface area contributed by atoms with E-state index in [0.29, 0.717) is 11.8 Å². The van der Waals surface area contributed by atoms with Gasteiger partial charge in [-0.25, -0.2) is 4.98 Å². The second kappa shape index (κ2) is 3.86. The third-order valence-corrected chi connectivity index (χ3v) is 2.96. The lowest BCUT2D eigenvalue weighted by atomic mass is 10.2. The molecule has 1 aromatic carbocycles. The van der Waals surface area contributed by atoms with Crippen molar-refractivity contribution in [3.8, 4) is 0 Å². The van der Waals surface area contributed by atoms with E-state index in [0.717, 1.165) is 22.4 Å². The number of benzene rings is 1. The maximum absolute atomic E-state index is 5.82. The number of rotatable bonds is 2. The van der Waals surface area contributed by atoms with Gasteiger partial charge in [-0.15, -0.1) is 11.6 Å². The second-order valence-corrected chi connectivity index (χ2v) is 4.41. The molecule has 0 aliphatic heterocycles. The normalized spacial score (nSPS) is 11.5. The van der Waals surface area contributed by atoms with Crippen LogP contribution in [0.25, 0.3) is 11.0 Å². The monoisotopic (exact) mass is 222 g/mol. The molecule has 1 aromatic heterocycles. The van der Waals surface area contributed by atoms with Gasteiger partial charge in [-0.2, -0.15) is 0 Å². The summed E-state index contributed by atoms with van der Waals surface area (Å²) in [5.41, 5.74) is 3.36. The van der Waals surface area contributed by atoms with Crippen molar-refractivity contribution < 1.29 is 0 Å². The number of halogens is 1. The van der Waals surface area contributed by atoms with Gasteiger partial charge < -0.3 is 4.57 Å². The predicted octanol–water partition coefficient (Wildman–Crippen LogP) is 3.44. The van der Waals surface area contributed by atoms with Gasteiger partial charge in [0.1, 0.15) is 5.82 Å². The molecule has 0 aliphatic carbocycles. The SMILES string of the molecule is CC(C)c1nc2ccc(CCl)cc2n1C. The van der Waals surface area contributed by atoms with Crippen LogP contribution < -0.4 is 0 Å². The summed E-state index contributed by atoms with van der Waals surface area (Å²) in [6.45, 7) is 4.31. The first kappa shape index (κ1) is 10.5. The Kier molecular flexibility index (Phi) is 2.70. The lowest BCUT2D eigenvalue weighted by Crippen LogP contribution is -1.99. The van der Waals surface area contributed by atoms with Gasteiger partial charge >= 0.3 is 0 Å². The van der Waals surface area contributed by atoms with Crippen LogP contribution in [0.3, 0.4) is 0 Å². The van der Waals surface area contributed by atoms with Crippen LogP contribution in [0.1, 0.15) is 31.2 Å². The molecule has 2 aromatic rings. The van der Waals surface area contributed by atoms with Crippen LogP contribution in [0.2, 0.25) is 0 Å².